The van der Waals surface area contributed by atoms with Crippen molar-refractivity contribution in [3.05, 3.63) is 69.9 Å². The van der Waals surface area contributed by atoms with Crippen LogP contribution in [0.25, 0.3) is 10.9 Å². The molecule has 1 amide bonds. The highest BCUT2D eigenvalue weighted by atomic mass is 16.3. The second-order valence-corrected chi connectivity index (χ2v) is 4.87. The van der Waals surface area contributed by atoms with E-state index in [2.05, 4.69) is 10.3 Å². The number of pyridine rings is 1. The van der Waals surface area contributed by atoms with Gasteiger partial charge in [0.15, 0.2) is 5.76 Å². The lowest BCUT2D eigenvalue weighted by atomic mass is 10.1. The summed E-state index contributed by atoms with van der Waals surface area (Å²) in [5, 5.41) is 3.60. The standard InChI is InChI=1S/C16H14N2O3/c1-10-4-5-11-8-12(15(19)18-13(11)7-10)9-17-16(20)14-3-2-6-21-14/h2-8H,9H2,1H3,(H,17,20)(H,18,19). The Morgan fingerprint density at radius 2 is 2.14 bits per heavy atom. The molecule has 0 atom stereocenters. The fourth-order valence-electron chi connectivity index (χ4n) is 2.16. The van der Waals surface area contributed by atoms with Crippen LogP contribution in [0.1, 0.15) is 21.7 Å². The number of furan rings is 1. The molecule has 0 fully saturated rings. The Morgan fingerprint density at radius 1 is 1.29 bits per heavy atom. The predicted octanol–water partition coefficient (Wildman–Crippen LogP) is 2.36. The van der Waals surface area contributed by atoms with Crippen molar-refractivity contribution in [1.82, 2.24) is 10.3 Å². The first-order chi connectivity index (χ1) is 10.1. The van der Waals surface area contributed by atoms with Crippen LogP contribution in [0.5, 0.6) is 0 Å². The Kier molecular flexibility index (Phi) is 3.31. The van der Waals surface area contributed by atoms with E-state index >= 15 is 0 Å². The minimum atomic E-state index is -0.344. The molecule has 2 N–H and O–H groups in total. The number of aryl methyl sites for hydroxylation is 1. The van der Waals surface area contributed by atoms with E-state index in [1.807, 2.05) is 25.1 Å². The molecule has 3 rings (SSSR count). The third kappa shape index (κ3) is 2.72. The van der Waals surface area contributed by atoms with E-state index < -0.39 is 0 Å². The van der Waals surface area contributed by atoms with Crippen molar-refractivity contribution in [3.8, 4) is 0 Å². The summed E-state index contributed by atoms with van der Waals surface area (Å²) in [5.41, 5.74) is 2.18. The number of rotatable bonds is 3. The van der Waals surface area contributed by atoms with Crippen LogP contribution in [0, 0.1) is 6.92 Å². The number of hydrogen-bond acceptors (Lipinski definition) is 3. The normalized spacial score (nSPS) is 10.7. The summed E-state index contributed by atoms with van der Waals surface area (Å²) in [6.45, 7) is 2.12. The van der Waals surface area contributed by atoms with Gasteiger partial charge in [-0.15, -0.1) is 0 Å². The van der Waals surface area contributed by atoms with Crippen molar-refractivity contribution in [2.45, 2.75) is 13.5 Å². The van der Waals surface area contributed by atoms with Gasteiger partial charge in [-0.1, -0.05) is 12.1 Å². The Balaban J connectivity index is 1.84. The second-order valence-electron chi connectivity index (χ2n) is 4.87. The Labute approximate surface area is 120 Å². The molecule has 5 nitrogen and oxygen atoms in total. The molecule has 2 heterocycles. The molecule has 21 heavy (non-hydrogen) atoms. The zero-order chi connectivity index (χ0) is 14.8. The molecule has 5 heteroatoms. The van der Waals surface area contributed by atoms with E-state index in [1.54, 1.807) is 18.2 Å². The number of hydrogen-bond donors (Lipinski definition) is 2. The number of aromatic amines is 1. The van der Waals surface area contributed by atoms with Crippen molar-refractivity contribution in [2.24, 2.45) is 0 Å². The maximum Gasteiger partial charge on any atom is 0.287 e. The topological polar surface area (TPSA) is 75.1 Å². The lowest BCUT2D eigenvalue weighted by Crippen LogP contribution is -2.26. The predicted molar refractivity (Wildman–Crippen MR) is 79.2 cm³/mol. The summed E-state index contributed by atoms with van der Waals surface area (Å²) >= 11 is 0. The molecular formula is C16H14N2O3. The summed E-state index contributed by atoms with van der Waals surface area (Å²) in [7, 11) is 0. The van der Waals surface area contributed by atoms with Crippen molar-refractivity contribution in [1.29, 1.82) is 0 Å². The smallest absolute Gasteiger partial charge is 0.287 e. The van der Waals surface area contributed by atoms with E-state index in [-0.39, 0.29) is 23.8 Å². The third-order valence-electron chi connectivity index (χ3n) is 3.26. The molecule has 106 valence electrons. The number of carbonyl (C=O) groups excluding carboxylic acids is 1. The van der Waals surface area contributed by atoms with Crippen molar-refractivity contribution >= 4 is 16.8 Å². The molecule has 0 bridgehead atoms. The first-order valence-corrected chi connectivity index (χ1v) is 6.58. The van der Waals surface area contributed by atoms with Crippen LogP contribution in [-0.2, 0) is 6.54 Å². The molecule has 0 aliphatic carbocycles. The fraction of sp³-hybridized carbons (Fsp3) is 0.125. The van der Waals surface area contributed by atoms with Gasteiger partial charge in [0.1, 0.15) is 0 Å². The Morgan fingerprint density at radius 3 is 2.90 bits per heavy atom. The summed E-state index contributed by atoms with van der Waals surface area (Å²) in [6.07, 6.45) is 1.43. The first kappa shape index (κ1) is 13.2. The lowest BCUT2D eigenvalue weighted by molar-refractivity contribution is 0.0923. The molecule has 0 saturated carbocycles. The quantitative estimate of drug-likeness (QED) is 0.774. The van der Waals surface area contributed by atoms with Gasteiger partial charge in [-0.2, -0.15) is 0 Å². The fourth-order valence-corrected chi connectivity index (χ4v) is 2.16. The van der Waals surface area contributed by atoms with E-state index in [4.69, 9.17) is 4.42 Å². The average molecular weight is 282 g/mol. The maximum atomic E-state index is 12.0. The zero-order valence-electron chi connectivity index (χ0n) is 11.5. The summed E-state index contributed by atoms with van der Waals surface area (Å²) < 4.78 is 5.00. The molecule has 0 unspecified atom stereocenters. The Bertz CT molecular complexity index is 848. The van der Waals surface area contributed by atoms with Crippen LogP contribution in [0.3, 0.4) is 0 Å². The van der Waals surface area contributed by atoms with Crippen LogP contribution < -0.4 is 10.9 Å². The number of benzene rings is 1. The van der Waals surface area contributed by atoms with E-state index in [1.165, 1.54) is 6.26 Å². The molecule has 0 saturated heterocycles. The first-order valence-electron chi connectivity index (χ1n) is 6.58. The van der Waals surface area contributed by atoms with Crippen LogP contribution in [0.15, 0.2) is 51.9 Å². The highest BCUT2D eigenvalue weighted by Crippen LogP contribution is 2.13. The monoisotopic (exact) mass is 282 g/mol. The SMILES string of the molecule is Cc1ccc2cc(CNC(=O)c3ccco3)c(=O)[nH]c2c1. The number of carbonyl (C=O) groups is 1. The highest BCUT2D eigenvalue weighted by Gasteiger charge is 2.09. The van der Waals surface area contributed by atoms with Crippen LogP contribution in [0.4, 0.5) is 0 Å². The summed E-state index contributed by atoms with van der Waals surface area (Å²) in [6, 6.07) is 10.8. The van der Waals surface area contributed by atoms with E-state index in [0.717, 1.165) is 16.5 Å². The number of amides is 1. The molecule has 2 aromatic heterocycles. The highest BCUT2D eigenvalue weighted by molar-refractivity contribution is 5.91. The Hall–Kier alpha value is -2.82. The van der Waals surface area contributed by atoms with Crippen molar-refractivity contribution in [2.75, 3.05) is 0 Å². The van der Waals surface area contributed by atoms with Gasteiger partial charge < -0.3 is 14.7 Å². The molecule has 0 spiro atoms. The lowest BCUT2D eigenvalue weighted by Gasteiger charge is -2.05. The van der Waals surface area contributed by atoms with Gasteiger partial charge in [-0.3, -0.25) is 9.59 Å². The van der Waals surface area contributed by atoms with Crippen LogP contribution in [-0.4, -0.2) is 10.9 Å². The third-order valence-corrected chi connectivity index (χ3v) is 3.26. The van der Waals surface area contributed by atoms with Crippen molar-refractivity contribution in [3.63, 3.8) is 0 Å². The maximum absolute atomic E-state index is 12.0. The largest absolute Gasteiger partial charge is 0.459 e. The average Bonchev–Trinajstić information content (AvgIpc) is 2.99. The molecule has 0 aliphatic heterocycles. The summed E-state index contributed by atoms with van der Waals surface area (Å²) in [5.74, 6) is -0.119. The number of fused-ring (bicyclic) bond motifs is 1. The minimum Gasteiger partial charge on any atom is -0.459 e. The second kappa shape index (κ2) is 5.28. The van der Waals surface area contributed by atoms with Gasteiger partial charge in [-0.05, 0) is 42.1 Å². The van der Waals surface area contributed by atoms with Crippen LogP contribution in [0.2, 0.25) is 0 Å². The van der Waals surface area contributed by atoms with Gasteiger partial charge in [-0.25, -0.2) is 0 Å². The molecule has 0 aliphatic rings. The van der Waals surface area contributed by atoms with E-state index in [0.29, 0.717) is 5.56 Å². The number of H-pyrrole nitrogens is 1. The molecule has 1 aromatic carbocycles. The number of aromatic nitrogens is 1. The van der Waals surface area contributed by atoms with Gasteiger partial charge in [0.05, 0.1) is 6.26 Å². The van der Waals surface area contributed by atoms with Crippen molar-refractivity contribution < 1.29 is 9.21 Å². The molecular weight excluding hydrogens is 268 g/mol. The van der Waals surface area contributed by atoms with Gasteiger partial charge in [0, 0.05) is 17.6 Å². The number of nitrogens with one attached hydrogen (secondary N) is 2. The molecule has 3 aromatic rings. The minimum absolute atomic E-state index is 0.151. The summed E-state index contributed by atoms with van der Waals surface area (Å²) in [4.78, 5) is 26.6. The van der Waals surface area contributed by atoms with Gasteiger partial charge >= 0.3 is 0 Å². The van der Waals surface area contributed by atoms with Gasteiger partial charge in [0.25, 0.3) is 11.5 Å². The van der Waals surface area contributed by atoms with E-state index in [9.17, 15) is 9.59 Å². The van der Waals surface area contributed by atoms with Gasteiger partial charge in [0.2, 0.25) is 0 Å². The zero-order valence-corrected chi connectivity index (χ0v) is 11.5. The molecule has 0 radical (unpaired) electrons. The van der Waals surface area contributed by atoms with Crippen LogP contribution >= 0.6 is 0 Å².